The maximum Gasteiger partial charge on any atom is 0.194 e. The van der Waals surface area contributed by atoms with Gasteiger partial charge in [0.15, 0.2) is 5.69 Å². The zero-order valence-corrected chi connectivity index (χ0v) is 30.7. The third kappa shape index (κ3) is 8.39. The van der Waals surface area contributed by atoms with Gasteiger partial charge in [-0.15, -0.1) is 0 Å². The topological polar surface area (TPSA) is 43.9 Å². The highest BCUT2D eigenvalue weighted by molar-refractivity contribution is 5.84. The minimum atomic E-state index is 0.480. The van der Waals surface area contributed by atoms with Crippen molar-refractivity contribution in [2.45, 2.75) is 6.92 Å². The predicted molar refractivity (Wildman–Crippen MR) is 229 cm³/mol. The summed E-state index contributed by atoms with van der Waals surface area (Å²) in [7, 11) is 1.66. The van der Waals surface area contributed by atoms with Gasteiger partial charge in [0, 0.05) is 34.1 Å². The zero-order valence-electron chi connectivity index (χ0n) is 30.7. The SMILES string of the molecule is [C-]#[N+]c1cc(C=Cc2ccc(N(c3ccccc3)c3ccc(C)cc3)cc2)c(C#N)cc1C=Cc1ccc(N(c2ccccc2)c2ccc(OC)cc2)cc1. The number of aryl methyl sites for hydroxylation is 1. The maximum atomic E-state index is 10.1. The Bertz CT molecular complexity index is 2510. The molecule has 0 saturated carbocycles. The molecule has 5 nitrogen and oxygen atoms in total. The van der Waals surface area contributed by atoms with Crippen LogP contribution < -0.4 is 14.5 Å². The second-order valence-corrected chi connectivity index (χ2v) is 12.9. The van der Waals surface area contributed by atoms with E-state index < -0.39 is 0 Å². The van der Waals surface area contributed by atoms with Gasteiger partial charge in [-0.1, -0.05) is 103 Å². The molecule has 0 aliphatic heterocycles. The highest BCUT2D eigenvalue weighted by Crippen LogP contribution is 2.37. The van der Waals surface area contributed by atoms with Gasteiger partial charge in [-0.3, -0.25) is 0 Å². The molecule has 7 aromatic rings. The summed E-state index contributed by atoms with van der Waals surface area (Å²) in [5, 5.41) is 10.1. The van der Waals surface area contributed by atoms with Crippen LogP contribution in [0.4, 0.5) is 39.8 Å². The number of hydrogen-bond donors (Lipinski definition) is 0. The molecule has 0 amide bonds. The molecular formula is C50H38N4O. The first-order chi connectivity index (χ1) is 27.0. The predicted octanol–water partition coefficient (Wildman–Crippen LogP) is 13.7. The Hall–Kier alpha value is -7.60. The number of nitrogens with zero attached hydrogens (tertiary/aromatic N) is 4. The van der Waals surface area contributed by atoms with E-state index in [4.69, 9.17) is 11.3 Å². The van der Waals surface area contributed by atoms with Crippen molar-refractivity contribution in [3.8, 4) is 11.8 Å². The second-order valence-electron chi connectivity index (χ2n) is 12.9. The average Bonchev–Trinajstić information content (AvgIpc) is 3.25. The van der Waals surface area contributed by atoms with Gasteiger partial charge in [0.1, 0.15) is 5.75 Å². The van der Waals surface area contributed by atoms with Crippen LogP contribution in [-0.4, -0.2) is 7.11 Å². The molecule has 5 heteroatoms. The van der Waals surface area contributed by atoms with Crippen LogP contribution in [0.5, 0.6) is 5.75 Å². The molecule has 0 spiro atoms. The molecule has 0 aliphatic rings. The third-order valence-electron chi connectivity index (χ3n) is 9.30. The second kappa shape index (κ2) is 16.8. The minimum absolute atomic E-state index is 0.480. The quantitative estimate of drug-likeness (QED) is 0.0990. The smallest absolute Gasteiger partial charge is 0.194 e. The summed E-state index contributed by atoms with van der Waals surface area (Å²) in [6, 6.07) is 59.5. The fourth-order valence-electron chi connectivity index (χ4n) is 6.40. The van der Waals surface area contributed by atoms with Crippen molar-refractivity contribution < 1.29 is 4.74 Å². The number of para-hydroxylation sites is 2. The summed E-state index contributed by atoms with van der Waals surface area (Å²) in [5.74, 6) is 0.801. The molecule has 0 atom stereocenters. The van der Waals surface area contributed by atoms with Crippen LogP contribution in [-0.2, 0) is 0 Å². The molecule has 55 heavy (non-hydrogen) atoms. The van der Waals surface area contributed by atoms with Gasteiger partial charge in [0.25, 0.3) is 0 Å². The largest absolute Gasteiger partial charge is 0.497 e. The van der Waals surface area contributed by atoms with Gasteiger partial charge in [-0.2, -0.15) is 5.26 Å². The zero-order chi connectivity index (χ0) is 38.0. The van der Waals surface area contributed by atoms with Crippen LogP contribution in [0.25, 0.3) is 29.1 Å². The number of anilines is 6. The Kier molecular flexibility index (Phi) is 10.9. The van der Waals surface area contributed by atoms with Crippen LogP contribution in [0.15, 0.2) is 170 Å². The number of rotatable bonds is 11. The number of methoxy groups -OCH3 is 1. The van der Waals surface area contributed by atoms with Gasteiger partial charge in [-0.25, -0.2) is 4.85 Å². The molecule has 0 aliphatic carbocycles. The van der Waals surface area contributed by atoms with Crippen molar-refractivity contribution in [1.29, 1.82) is 5.26 Å². The van der Waals surface area contributed by atoms with Crippen molar-refractivity contribution in [3.63, 3.8) is 0 Å². The lowest BCUT2D eigenvalue weighted by Crippen LogP contribution is -2.09. The fraction of sp³-hybridized carbons (Fsp3) is 0.0400. The Morgan fingerprint density at radius 3 is 1.38 bits per heavy atom. The van der Waals surface area contributed by atoms with E-state index >= 15 is 0 Å². The molecule has 0 saturated heterocycles. The van der Waals surface area contributed by atoms with Gasteiger partial charge < -0.3 is 14.5 Å². The molecule has 0 radical (unpaired) electrons. The average molecular weight is 711 g/mol. The summed E-state index contributed by atoms with van der Waals surface area (Å²) in [6.45, 7) is 10.0. The van der Waals surface area contributed by atoms with E-state index in [0.717, 1.165) is 51.0 Å². The molecule has 0 N–H and O–H groups in total. The Balaban J connectivity index is 1.10. The molecule has 0 fully saturated rings. The lowest BCUT2D eigenvalue weighted by Gasteiger charge is -2.25. The fourth-order valence-corrected chi connectivity index (χ4v) is 6.40. The summed E-state index contributed by atoms with van der Waals surface area (Å²) in [6.07, 6.45) is 7.76. The molecule has 0 heterocycles. The number of ether oxygens (including phenoxy) is 1. The van der Waals surface area contributed by atoms with Crippen LogP contribution in [0.1, 0.15) is 33.4 Å². The van der Waals surface area contributed by atoms with Crippen LogP contribution in [0.2, 0.25) is 0 Å². The molecule has 264 valence electrons. The molecule has 7 aromatic carbocycles. The van der Waals surface area contributed by atoms with E-state index in [-0.39, 0.29) is 0 Å². The first-order valence-corrected chi connectivity index (χ1v) is 18.0. The Labute approximate surface area is 323 Å². The van der Waals surface area contributed by atoms with E-state index in [1.165, 1.54) is 5.56 Å². The third-order valence-corrected chi connectivity index (χ3v) is 9.30. The van der Waals surface area contributed by atoms with Crippen LogP contribution in [0.3, 0.4) is 0 Å². The van der Waals surface area contributed by atoms with Crippen molar-refractivity contribution in [1.82, 2.24) is 0 Å². The first kappa shape index (κ1) is 35.8. The number of benzene rings is 7. The van der Waals surface area contributed by atoms with Gasteiger partial charge in [0.05, 0.1) is 25.3 Å². The van der Waals surface area contributed by atoms with Gasteiger partial charge in [-0.05, 0) is 126 Å². The van der Waals surface area contributed by atoms with E-state index in [0.29, 0.717) is 22.4 Å². The normalized spacial score (nSPS) is 10.9. The summed E-state index contributed by atoms with van der Waals surface area (Å²) in [5.41, 5.74) is 11.8. The van der Waals surface area contributed by atoms with Crippen molar-refractivity contribution in [3.05, 3.63) is 215 Å². The maximum absolute atomic E-state index is 10.1. The number of nitriles is 1. The van der Waals surface area contributed by atoms with Crippen molar-refractivity contribution >= 4 is 64.1 Å². The van der Waals surface area contributed by atoms with Crippen LogP contribution in [0, 0.1) is 24.8 Å². The van der Waals surface area contributed by atoms with Crippen molar-refractivity contribution in [2.24, 2.45) is 0 Å². The lowest BCUT2D eigenvalue weighted by atomic mass is 10.0. The Morgan fingerprint density at radius 2 is 0.945 bits per heavy atom. The summed E-state index contributed by atoms with van der Waals surface area (Å²) >= 11 is 0. The molecule has 0 aromatic heterocycles. The molecular weight excluding hydrogens is 673 g/mol. The highest BCUT2D eigenvalue weighted by atomic mass is 16.5. The van der Waals surface area contributed by atoms with Gasteiger partial charge >= 0.3 is 0 Å². The van der Waals surface area contributed by atoms with Crippen LogP contribution >= 0.6 is 0 Å². The summed E-state index contributed by atoms with van der Waals surface area (Å²) < 4.78 is 5.38. The highest BCUT2D eigenvalue weighted by Gasteiger charge is 2.14. The monoisotopic (exact) mass is 710 g/mol. The minimum Gasteiger partial charge on any atom is -0.497 e. The standard InChI is InChI=1S/C50H38N4O/c1-37-14-24-45(25-15-37)53(43-10-6-4-7-11-43)46-26-18-38(19-27-46)16-22-40-35-50(52-2)41(34-42(40)36-51)23-17-39-20-28-47(29-21-39)54(44-12-8-5-9-13-44)48-30-32-49(55-3)33-31-48/h4-35H,1,3H3. The Morgan fingerprint density at radius 1 is 0.527 bits per heavy atom. The van der Waals surface area contributed by atoms with Gasteiger partial charge in [0.2, 0.25) is 0 Å². The van der Waals surface area contributed by atoms with E-state index in [9.17, 15) is 5.26 Å². The first-order valence-electron chi connectivity index (χ1n) is 18.0. The van der Waals surface area contributed by atoms with E-state index in [1.54, 1.807) is 19.2 Å². The molecule has 7 rings (SSSR count). The van der Waals surface area contributed by atoms with E-state index in [1.807, 2.05) is 85.0 Å². The molecule has 0 unspecified atom stereocenters. The number of hydrogen-bond acceptors (Lipinski definition) is 4. The van der Waals surface area contributed by atoms with Crippen molar-refractivity contribution in [2.75, 3.05) is 16.9 Å². The lowest BCUT2D eigenvalue weighted by molar-refractivity contribution is 0.415. The van der Waals surface area contributed by atoms with E-state index in [2.05, 4.69) is 125 Å². The molecule has 0 bridgehead atoms. The summed E-state index contributed by atoms with van der Waals surface area (Å²) in [4.78, 5) is 8.24.